The van der Waals surface area contributed by atoms with Gasteiger partial charge in [0.05, 0.1) is 8.07 Å². The maximum Gasteiger partial charge on any atom is 0.0816 e. The average Bonchev–Trinajstić information content (AvgIpc) is 2.98. The molecule has 1 fully saturated rings. The molecular weight excluding hydrogens is 198 g/mol. The summed E-state index contributed by atoms with van der Waals surface area (Å²) in [6.45, 7) is 15.3. The van der Waals surface area contributed by atoms with Crippen molar-refractivity contribution >= 4 is 8.07 Å². The van der Waals surface area contributed by atoms with Gasteiger partial charge in [0.15, 0.2) is 0 Å². The van der Waals surface area contributed by atoms with Gasteiger partial charge < -0.3 is 4.90 Å². The molecule has 1 aliphatic heterocycles. The van der Waals surface area contributed by atoms with Gasteiger partial charge in [0.25, 0.3) is 0 Å². The van der Waals surface area contributed by atoms with Gasteiger partial charge in [0, 0.05) is 13.1 Å². The van der Waals surface area contributed by atoms with Crippen molar-refractivity contribution < 1.29 is 0 Å². The largest absolute Gasteiger partial charge is 0.301 e. The summed E-state index contributed by atoms with van der Waals surface area (Å²) in [6.07, 6.45) is 2.69. The third-order valence-corrected chi connectivity index (χ3v) is 9.71. The van der Waals surface area contributed by atoms with Crippen molar-refractivity contribution in [2.45, 2.75) is 51.7 Å². The van der Waals surface area contributed by atoms with Crippen molar-refractivity contribution in [3.8, 4) is 0 Å². The molecule has 15 heavy (non-hydrogen) atoms. The Hall–Kier alpha value is -0.0831. The van der Waals surface area contributed by atoms with Crippen molar-refractivity contribution in [2.24, 2.45) is 0 Å². The van der Waals surface area contributed by atoms with E-state index in [2.05, 4.69) is 32.3 Å². The Labute approximate surface area is 96.6 Å². The molecule has 0 atom stereocenters. The molecule has 88 valence electrons. The van der Waals surface area contributed by atoms with E-state index in [1.54, 1.807) is 5.20 Å². The number of hydrogen-bond donors (Lipinski definition) is 0. The Morgan fingerprint density at radius 3 is 2.00 bits per heavy atom. The zero-order chi connectivity index (χ0) is 11.3. The van der Waals surface area contributed by atoms with Gasteiger partial charge in [-0.3, -0.25) is 0 Å². The second kappa shape index (κ2) is 5.85. The predicted octanol–water partition coefficient (Wildman–Crippen LogP) is 3.69. The summed E-state index contributed by atoms with van der Waals surface area (Å²) in [5, 5.41) is 1.55. The van der Waals surface area contributed by atoms with E-state index >= 15 is 0 Å². The quantitative estimate of drug-likeness (QED) is 0.450. The van der Waals surface area contributed by atoms with E-state index in [4.69, 9.17) is 0 Å². The van der Waals surface area contributed by atoms with Crippen molar-refractivity contribution in [1.82, 2.24) is 4.90 Å². The number of hydrogen-bond acceptors (Lipinski definition) is 1. The maximum absolute atomic E-state index is 4.31. The summed E-state index contributed by atoms with van der Waals surface area (Å²) in [4.78, 5) is 2.57. The molecule has 0 saturated carbocycles. The summed E-state index contributed by atoms with van der Waals surface area (Å²) in [7, 11) is -1.13. The van der Waals surface area contributed by atoms with E-state index in [0.717, 1.165) is 0 Å². The van der Waals surface area contributed by atoms with Gasteiger partial charge in [-0.25, -0.2) is 0 Å². The Balaban J connectivity index is 2.55. The molecule has 1 rings (SSSR count). The lowest BCUT2D eigenvalue weighted by Crippen LogP contribution is -2.37. The lowest BCUT2D eigenvalue weighted by Gasteiger charge is -2.32. The first-order chi connectivity index (χ1) is 7.14. The number of rotatable bonds is 8. The lowest BCUT2D eigenvalue weighted by molar-refractivity contribution is 0.587. The van der Waals surface area contributed by atoms with Gasteiger partial charge in [-0.1, -0.05) is 44.0 Å². The van der Waals surface area contributed by atoms with Crippen LogP contribution in [0.3, 0.4) is 0 Å². The van der Waals surface area contributed by atoms with Crippen LogP contribution in [-0.4, -0.2) is 32.6 Å². The first-order valence-corrected chi connectivity index (χ1v) is 9.15. The molecule has 1 heterocycles. The zero-order valence-electron chi connectivity index (χ0n) is 10.8. The SMILES string of the molecule is C=C(C)[Si](CCC)(CCC)CCN1CC1. The third-order valence-electron chi connectivity index (χ3n) is 3.81. The Kier molecular flexibility index (Phi) is 5.07. The van der Waals surface area contributed by atoms with Crippen molar-refractivity contribution in [3.05, 3.63) is 11.8 Å². The van der Waals surface area contributed by atoms with E-state index in [1.165, 1.54) is 50.6 Å². The molecule has 1 aliphatic rings. The predicted molar refractivity (Wildman–Crippen MR) is 72.0 cm³/mol. The molecule has 1 nitrogen and oxygen atoms in total. The van der Waals surface area contributed by atoms with Crippen LogP contribution in [0.5, 0.6) is 0 Å². The van der Waals surface area contributed by atoms with Crippen molar-refractivity contribution in [2.75, 3.05) is 19.6 Å². The molecular formula is C13H27NSi. The Bertz CT molecular complexity index is 203. The van der Waals surface area contributed by atoms with Gasteiger partial charge in [-0.2, -0.15) is 0 Å². The number of allylic oxidation sites excluding steroid dienone is 1. The second-order valence-corrected chi connectivity index (χ2v) is 10.1. The van der Waals surface area contributed by atoms with E-state index < -0.39 is 8.07 Å². The molecule has 0 unspecified atom stereocenters. The fraction of sp³-hybridized carbons (Fsp3) is 0.846. The van der Waals surface area contributed by atoms with Gasteiger partial charge >= 0.3 is 0 Å². The first kappa shape index (κ1) is 13.0. The minimum atomic E-state index is -1.13. The highest BCUT2D eigenvalue weighted by atomic mass is 28.3. The van der Waals surface area contributed by atoms with Crippen LogP contribution in [0.2, 0.25) is 18.1 Å². The normalized spacial score (nSPS) is 16.7. The van der Waals surface area contributed by atoms with Crippen LogP contribution in [0.15, 0.2) is 11.8 Å². The molecule has 0 bridgehead atoms. The van der Waals surface area contributed by atoms with Crippen LogP contribution >= 0.6 is 0 Å². The van der Waals surface area contributed by atoms with Gasteiger partial charge in [0.2, 0.25) is 0 Å². The lowest BCUT2D eigenvalue weighted by atomic mass is 10.6. The molecule has 0 aromatic rings. The molecule has 0 spiro atoms. The molecule has 0 amide bonds. The zero-order valence-corrected chi connectivity index (χ0v) is 11.8. The summed E-state index contributed by atoms with van der Waals surface area (Å²) in [5.41, 5.74) is 0. The smallest absolute Gasteiger partial charge is 0.0816 e. The van der Waals surface area contributed by atoms with Gasteiger partial charge in [-0.15, -0.1) is 6.58 Å². The minimum Gasteiger partial charge on any atom is -0.301 e. The Morgan fingerprint density at radius 2 is 1.67 bits per heavy atom. The standard InChI is InChI=1S/C13H27NSi/c1-5-10-15(11-6-2,13(3)4)12-9-14-7-8-14/h3,5-12H2,1-2,4H3. The van der Waals surface area contributed by atoms with Crippen LogP contribution in [0.4, 0.5) is 0 Å². The highest BCUT2D eigenvalue weighted by Crippen LogP contribution is 2.31. The summed E-state index contributed by atoms with van der Waals surface area (Å²) >= 11 is 0. The summed E-state index contributed by atoms with van der Waals surface area (Å²) in [5.74, 6) is 0. The molecule has 1 saturated heterocycles. The molecule has 0 aliphatic carbocycles. The summed E-state index contributed by atoms with van der Waals surface area (Å²) < 4.78 is 0. The molecule has 0 aromatic carbocycles. The third kappa shape index (κ3) is 3.76. The highest BCUT2D eigenvalue weighted by molar-refractivity contribution is 6.86. The number of nitrogens with zero attached hydrogens (tertiary/aromatic N) is 1. The highest BCUT2D eigenvalue weighted by Gasteiger charge is 2.33. The van der Waals surface area contributed by atoms with Gasteiger partial charge in [0.1, 0.15) is 0 Å². The fourth-order valence-electron chi connectivity index (χ4n) is 2.64. The molecule has 0 aromatic heterocycles. The van der Waals surface area contributed by atoms with E-state index in [9.17, 15) is 0 Å². The van der Waals surface area contributed by atoms with Crippen molar-refractivity contribution in [1.29, 1.82) is 0 Å². The minimum absolute atomic E-state index is 1.13. The van der Waals surface area contributed by atoms with Gasteiger partial charge in [-0.05, 0) is 19.5 Å². The molecule has 2 heteroatoms. The molecule has 0 radical (unpaired) electrons. The average molecular weight is 225 g/mol. The monoisotopic (exact) mass is 225 g/mol. The van der Waals surface area contributed by atoms with Crippen LogP contribution in [0.25, 0.3) is 0 Å². The van der Waals surface area contributed by atoms with E-state index in [-0.39, 0.29) is 0 Å². The maximum atomic E-state index is 4.31. The second-order valence-electron chi connectivity index (χ2n) is 5.15. The topological polar surface area (TPSA) is 3.01 Å². The van der Waals surface area contributed by atoms with E-state index in [1.807, 2.05) is 0 Å². The van der Waals surface area contributed by atoms with Crippen LogP contribution in [-0.2, 0) is 0 Å². The first-order valence-electron chi connectivity index (χ1n) is 6.53. The van der Waals surface area contributed by atoms with Crippen LogP contribution in [0.1, 0.15) is 33.6 Å². The fourth-order valence-corrected chi connectivity index (χ4v) is 7.33. The van der Waals surface area contributed by atoms with Crippen LogP contribution < -0.4 is 0 Å². The Morgan fingerprint density at radius 1 is 1.13 bits per heavy atom. The van der Waals surface area contributed by atoms with Crippen LogP contribution in [0, 0.1) is 0 Å². The van der Waals surface area contributed by atoms with E-state index in [0.29, 0.717) is 0 Å². The van der Waals surface area contributed by atoms with Crippen molar-refractivity contribution in [3.63, 3.8) is 0 Å². The molecule has 0 N–H and O–H groups in total. The summed E-state index contributed by atoms with van der Waals surface area (Å²) in [6, 6.07) is 4.39.